The molecule has 1 spiro atoms. The van der Waals surface area contributed by atoms with Gasteiger partial charge in [0.05, 0.1) is 41.9 Å². The molecule has 20 atom stereocenters. The van der Waals surface area contributed by atoms with Gasteiger partial charge in [0, 0.05) is 64.6 Å². The van der Waals surface area contributed by atoms with E-state index >= 15 is 0 Å². The Balaban J connectivity index is 0.948. The van der Waals surface area contributed by atoms with Crippen LogP contribution in [0.2, 0.25) is 0 Å². The minimum atomic E-state index is -1.14. The molecule has 8 aliphatic rings. The SMILES string of the molecule is CC(=O)OCC1O[C@@H](O[C@H]2C(COC(C)=O)O[C@@H](n3cc(CN4C[C@@H](C)C[C@H]5O[C@]6(CC[C@@H]7C(=C6C)C[C@H]6[C@H]7CC=C7C[C@@H](O)CC[C@@]76C)[C@H](C)[C@@H]54)nn3)[C@H](OC(C)=O)C2C)[C@H](OC(C)=O)C(C)[C@H]1C. The minimum Gasteiger partial charge on any atom is -0.463 e. The molecule has 17 heteroatoms. The summed E-state index contributed by atoms with van der Waals surface area (Å²) in [5.74, 6) is -0.632. The van der Waals surface area contributed by atoms with Crippen LogP contribution in [0.25, 0.3) is 0 Å². The third-order valence-corrected chi connectivity index (χ3v) is 18.6. The molecule has 0 bridgehead atoms. The van der Waals surface area contributed by atoms with E-state index in [9.17, 15) is 24.3 Å². The number of esters is 4. The first-order valence-corrected chi connectivity index (χ1v) is 26.2. The summed E-state index contributed by atoms with van der Waals surface area (Å²) in [6, 6.07) is 0.172. The highest BCUT2D eigenvalue weighted by molar-refractivity contribution is 5.67. The Hall–Kier alpha value is -3.74. The molecule has 4 aliphatic heterocycles. The first kappa shape index (κ1) is 51.2. The van der Waals surface area contributed by atoms with Crippen molar-refractivity contribution in [1.82, 2.24) is 19.9 Å². The summed E-state index contributed by atoms with van der Waals surface area (Å²) in [5.41, 5.74) is 5.16. The van der Waals surface area contributed by atoms with Crippen molar-refractivity contribution >= 4 is 23.9 Å². The molecule has 0 aromatic carbocycles. The van der Waals surface area contributed by atoms with Gasteiger partial charge in [-0.15, -0.1) is 5.10 Å². The Kier molecular flexibility index (Phi) is 14.6. The maximum absolute atomic E-state index is 12.9. The molecular weight excluding hydrogens is 901 g/mol. The Morgan fingerprint density at radius 2 is 1.54 bits per heavy atom. The van der Waals surface area contributed by atoms with Crippen molar-refractivity contribution in [3.63, 3.8) is 0 Å². The van der Waals surface area contributed by atoms with Crippen molar-refractivity contribution in [3.8, 4) is 0 Å². The Bertz CT molecular complexity index is 2210. The van der Waals surface area contributed by atoms with Crippen LogP contribution in [0.1, 0.15) is 139 Å². The fourth-order valence-corrected chi connectivity index (χ4v) is 14.9. The number of piperidine rings is 1. The van der Waals surface area contributed by atoms with Crippen molar-refractivity contribution < 1.29 is 62.2 Å². The molecule has 6 fully saturated rings. The number of hydrogen-bond donors (Lipinski definition) is 1. The predicted octanol–water partition coefficient (Wildman–Crippen LogP) is 6.41. The normalized spacial score (nSPS) is 43.6. The van der Waals surface area contributed by atoms with E-state index in [4.69, 9.17) is 43.0 Å². The number of allylic oxidation sites excluding steroid dienone is 2. The quantitative estimate of drug-likeness (QED) is 0.145. The number of ether oxygens (including phenoxy) is 8. The van der Waals surface area contributed by atoms with E-state index in [2.05, 4.69) is 43.9 Å². The maximum Gasteiger partial charge on any atom is 0.303 e. The van der Waals surface area contributed by atoms with Gasteiger partial charge in [-0.25, -0.2) is 4.68 Å². The van der Waals surface area contributed by atoms with Gasteiger partial charge in [0.2, 0.25) is 0 Å². The third kappa shape index (κ3) is 9.42. The van der Waals surface area contributed by atoms with E-state index in [1.807, 2.05) is 27.0 Å². The summed E-state index contributed by atoms with van der Waals surface area (Å²) in [4.78, 5) is 51.9. The zero-order valence-electron chi connectivity index (χ0n) is 43.2. The van der Waals surface area contributed by atoms with Gasteiger partial charge in [-0.1, -0.05) is 64.0 Å². The summed E-state index contributed by atoms with van der Waals surface area (Å²) < 4.78 is 51.6. The van der Waals surface area contributed by atoms with Crippen molar-refractivity contribution in [2.75, 3.05) is 19.8 Å². The predicted molar refractivity (Wildman–Crippen MR) is 252 cm³/mol. The van der Waals surface area contributed by atoms with Crippen LogP contribution in [0, 0.1) is 52.8 Å². The van der Waals surface area contributed by atoms with Gasteiger partial charge < -0.3 is 43.0 Å². The lowest BCUT2D eigenvalue weighted by Gasteiger charge is -2.49. The van der Waals surface area contributed by atoms with Gasteiger partial charge in [-0.3, -0.25) is 24.1 Å². The van der Waals surface area contributed by atoms with Crippen LogP contribution in [-0.2, 0) is 63.6 Å². The number of aliphatic hydroxyl groups excluding tert-OH is 1. The molecule has 0 amide bonds. The molecular formula is C53H78N4O13. The number of nitrogens with zero attached hydrogens (tertiary/aromatic N) is 4. The van der Waals surface area contributed by atoms with Crippen LogP contribution < -0.4 is 0 Å². The minimum absolute atomic E-state index is 0.0386. The molecule has 9 rings (SSSR count). The second kappa shape index (κ2) is 19.9. The molecule has 17 nitrogen and oxygen atoms in total. The molecule has 2 saturated carbocycles. The zero-order chi connectivity index (χ0) is 50.1. The van der Waals surface area contributed by atoms with E-state index in [1.165, 1.54) is 38.8 Å². The number of fused-ring (bicyclic) bond motifs is 6. The summed E-state index contributed by atoms with van der Waals surface area (Å²) >= 11 is 0. The van der Waals surface area contributed by atoms with E-state index in [1.54, 1.807) is 10.3 Å². The molecule has 4 aliphatic carbocycles. The standard InChI is InChI=1S/C53H78N4O13/c1-26-18-43-46(31(6)53(70-43)17-15-39-40-13-12-36-19-38(62)14-16-52(36,11)42(40)20-41(39)30(53)5)56(21-26)22-37-23-57(55-54-37)50-48(65-34(9)60)29(4)47(45(67-50)25-64-33(8)59)69-51-49(66-35(10)61)28(3)27(2)44(68-51)24-63-32(7)58/h12,23,26-29,31,38-40,42-51,62H,13-22,24-25H2,1-11H3/t26-,27+,28?,29?,31+,38-,39-,40-,42-,43+,44?,45?,46-,47+,48+,49+,50+,51-,52-,53-/m0/s1. The summed E-state index contributed by atoms with van der Waals surface area (Å²) in [7, 11) is 0. The van der Waals surface area contributed by atoms with E-state index < -0.39 is 72.8 Å². The number of rotatable bonds is 11. The van der Waals surface area contributed by atoms with Crippen LogP contribution in [0.15, 0.2) is 29.0 Å². The van der Waals surface area contributed by atoms with Crippen LogP contribution in [-0.4, -0.2) is 129 Å². The van der Waals surface area contributed by atoms with Gasteiger partial charge in [-0.05, 0) is 98.9 Å². The third-order valence-electron chi connectivity index (χ3n) is 18.6. The first-order chi connectivity index (χ1) is 33.2. The van der Waals surface area contributed by atoms with Gasteiger partial charge in [0.15, 0.2) is 24.7 Å². The molecule has 1 aromatic rings. The van der Waals surface area contributed by atoms with E-state index in [0.717, 1.165) is 63.6 Å². The Morgan fingerprint density at radius 1 is 0.843 bits per heavy atom. The maximum atomic E-state index is 12.9. The number of aliphatic hydroxyl groups is 1. The number of hydrogen-bond acceptors (Lipinski definition) is 16. The van der Waals surface area contributed by atoms with E-state index in [-0.39, 0.29) is 60.2 Å². The molecule has 4 saturated heterocycles. The van der Waals surface area contributed by atoms with Crippen molar-refractivity contribution in [3.05, 3.63) is 34.7 Å². The largest absolute Gasteiger partial charge is 0.463 e. The summed E-state index contributed by atoms with van der Waals surface area (Å²) in [5, 5.41) is 19.9. The lowest BCUT2D eigenvalue weighted by molar-refractivity contribution is -0.330. The average molecular weight is 979 g/mol. The number of carbonyl (C=O) groups is 4. The highest BCUT2D eigenvalue weighted by Crippen LogP contribution is 2.65. The summed E-state index contributed by atoms with van der Waals surface area (Å²) in [6.07, 6.45) is 6.03. The molecule has 1 aromatic heterocycles. The van der Waals surface area contributed by atoms with Crippen LogP contribution in [0.5, 0.6) is 0 Å². The number of aromatic nitrogens is 3. The molecule has 70 heavy (non-hydrogen) atoms. The number of carbonyl (C=O) groups excluding carboxylic acids is 4. The Labute approximate surface area is 413 Å². The summed E-state index contributed by atoms with van der Waals surface area (Å²) in [6.45, 7) is 21.7. The zero-order valence-corrected chi connectivity index (χ0v) is 43.2. The average Bonchev–Trinajstić information content (AvgIpc) is 4.00. The fourth-order valence-electron chi connectivity index (χ4n) is 14.9. The lowest BCUT2D eigenvalue weighted by Crippen LogP contribution is -2.59. The van der Waals surface area contributed by atoms with Crippen LogP contribution in [0.4, 0.5) is 0 Å². The van der Waals surface area contributed by atoms with Gasteiger partial charge in [-0.2, -0.15) is 0 Å². The van der Waals surface area contributed by atoms with E-state index in [0.29, 0.717) is 30.2 Å². The molecule has 0 radical (unpaired) electrons. The van der Waals surface area contributed by atoms with Crippen molar-refractivity contribution in [2.24, 2.45) is 52.8 Å². The van der Waals surface area contributed by atoms with Crippen LogP contribution >= 0.6 is 0 Å². The molecule has 4 unspecified atom stereocenters. The monoisotopic (exact) mass is 979 g/mol. The fraction of sp³-hybridized carbons (Fsp3) is 0.811. The number of likely N-dealkylation sites (tertiary alicyclic amines) is 1. The first-order valence-electron chi connectivity index (χ1n) is 26.2. The topological polar surface area (TPSA) is 196 Å². The lowest BCUT2D eigenvalue weighted by atomic mass is 9.56. The molecule has 1 N–H and O–H groups in total. The van der Waals surface area contributed by atoms with Crippen molar-refractivity contribution in [2.45, 2.75) is 201 Å². The van der Waals surface area contributed by atoms with Crippen molar-refractivity contribution in [1.29, 1.82) is 0 Å². The van der Waals surface area contributed by atoms with Gasteiger partial charge in [0.25, 0.3) is 0 Å². The highest BCUT2D eigenvalue weighted by Gasteiger charge is 2.62. The molecule has 388 valence electrons. The second-order valence-corrected chi connectivity index (χ2v) is 22.9. The second-order valence-electron chi connectivity index (χ2n) is 22.9. The smallest absolute Gasteiger partial charge is 0.303 e. The highest BCUT2D eigenvalue weighted by atomic mass is 16.7. The Morgan fingerprint density at radius 3 is 2.24 bits per heavy atom. The van der Waals surface area contributed by atoms with Gasteiger partial charge >= 0.3 is 23.9 Å². The van der Waals surface area contributed by atoms with Gasteiger partial charge in [0.1, 0.15) is 19.3 Å². The van der Waals surface area contributed by atoms with Crippen LogP contribution in [0.3, 0.4) is 0 Å². The molecule has 5 heterocycles.